The first-order chi connectivity index (χ1) is 11.5. The molecule has 0 bridgehead atoms. The second kappa shape index (κ2) is 8.01. The average molecular weight is 329 g/mol. The number of carbonyl (C=O) groups excluding carboxylic acids is 2. The largest absolute Gasteiger partial charge is 0.493 e. The van der Waals surface area contributed by atoms with Crippen molar-refractivity contribution in [1.29, 1.82) is 0 Å². The van der Waals surface area contributed by atoms with E-state index in [0.29, 0.717) is 28.5 Å². The zero-order valence-electron chi connectivity index (χ0n) is 13.8. The Balaban J connectivity index is 1.99. The summed E-state index contributed by atoms with van der Waals surface area (Å²) >= 11 is 0. The summed E-state index contributed by atoms with van der Waals surface area (Å²) in [5, 5.41) is 2.66. The van der Waals surface area contributed by atoms with Crippen LogP contribution in [0.15, 0.2) is 42.5 Å². The molecule has 0 spiro atoms. The van der Waals surface area contributed by atoms with E-state index in [0.717, 1.165) is 0 Å². The van der Waals surface area contributed by atoms with Crippen LogP contribution in [0.3, 0.4) is 0 Å². The molecule has 0 radical (unpaired) electrons. The highest BCUT2D eigenvalue weighted by molar-refractivity contribution is 5.97. The number of ketones is 1. The molecule has 1 N–H and O–H groups in total. The van der Waals surface area contributed by atoms with Crippen molar-refractivity contribution < 1.29 is 23.8 Å². The Hall–Kier alpha value is -3.02. The van der Waals surface area contributed by atoms with Crippen LogP contribution in [-0.4, -0.2) is 32.5 Å². The average Bonchev–Trinajstić information content (AvgIpc) is 2.59. The zero-order chi connectivity index (χ0) is 17.5. The molecule has 0 aliphatic heterocycles. The van der Waals surface area contributed by atoms with Crippen LogP contribution in [0.5, 0.6) is 17.2 Å². The van der Waals surface area contributed by atoms with Crippen molar-refractivity contribution in [2.75, 3.05) is 26.1 Å². The smallest absolute Gasteiger partial charge is 0.221 e. The number of rotatable bonds is 7. The summed E-state index contributed by atoms with van der Waals surface area (Å²) in [6, 6.07) is 11.7. The number of benzene rings is 2. The van der Waals surface area contributed by atoms with Crippen molar-refractivity contribution in [3.05, 3.63) is 48.0 Å². The standard InChI is InChI=1S/C18H19NO5/c1-12(20)19-14-5-7-15(8-6-14)24-11-16(21)13-4-9-17(22-2)18(10-13)23-3/h4-10H,11H2,1-3H3,(H,19,20). The van der Waals surface area contributed by atoms with Gasteiger partial charge in [0.2, 0.25) is 5.91 Å². The molecule has 126 valence electrons. The van der Waals surface area contributed by atoms with Gasteiger partial charge in [-0.15, -0.1) is 0 Å². The van der Waals surface area contributed by atoms with Gasteiger partial charge in [0.15, 0.2) is 23.9 Å². The molecule has 0 aliphatic carbocycles. The Kier molecular flexibility index (Phi) is 5.78. The number of hydrogen-bond donors (Lipinski definition) is 1. The lowest BCUT2D eigenvalue weighted by atomic mass is 10.1. The summed E-state index contributed by atoms with van der Waals surface area (Å²) in [5.41, 5.74) is 1.14. The van der Waals surface area contributed by atoms with Gasteiger partial charge < -0.3 is 19.5 Å². The summed E-state index contributed by atoms with van der Waals surface area (Å²) in [7, 11) is 3.05. The first-order valence-electron chi connectivity index (χ1n) is 7.29. The normalized spacial score (nSPS) is 9.96. The monoisotopic (exact) mass is 329 g/mol. The zero-order valence-corrected chi connectivity index (χ0v) is 13.8. The minimum absolute atomic E-state index is 0.102. The molecule has 2 aromatic carbocycles. The fraction of sp³-hybridized carbons (Fsp3) is 0.222. The van der Waals surface area contributed by atoms with Gasteiger partial charge in [0, 0.05) is 18.2 Å². The van der Waals surface area contributed by atoms with E-state index >= 15 is 0 Å². The molecule has 6 nitrogen and oxygen atoms in total. The molecule has 0 saturated carbocycles. The van der Waals surface area contributed by atoms with Crippen molar-refractivity contribution in [2.24, 2.45) is 0 Å². The number of methoxy groups -OCH3 is 2. The van der Waals surface area contributed by atoms with Gasteiger partial charge in [0.1, 0.15) is 5.75 Å². The van der Waals surface area contributed by atoms with Crippen molar-refractivity contribution in [3.63, 3.8) is 0 Å². The lowest BCUT2D eigenvalue weighted by Gasteiger charge is -2.10. The minimum atomic E-state index is -0.179. The number of Topliss-reactive ketones (excluding diaryl/α,β-unsaturated/α-hetero) is 1. The third kappa shape index (κ3) is 4.49. The van der Waals surface area contributed by atoms with Crippen molar-refractivity contribution in [1.82, 2.24) is 0 Å². The SMILES string of the molecule is COc1ccc(C(=O)COc2ccc(NC(C)=O)cc2)cc1OC. The first-order valence-corrected chi connectivity index (χ1v) is 7.29. The molecule has 0 aromatic heterocycles. The van der Waals surface area contributed by atoms with E-state index < -0.39 is 0 Å². The fourth-order valence-electron chi connectivity index (χ4n) is 2.08. The number of ether oxygens (including phenoxy) is 3. The molecule has 0 saturated heterocycles. The second-order valence-corrected chi connectivity index (χ2v) is 4.99. The van der Waals surface area contributed by atoms with E-state index in [-0.39, 0.29) is 18.3 Å². The van der Waals surface area contributed by atoms with Crippen LogP contribution >= 0.6 is 0 Å². The molecule has 2 rings (SSSR count). The van der Waals surface area contributed by atoms with Crippen LogP contribution in [0, 0.1) is 0 Å². The number of anilines is 1. The van der Waals surface area contributed by atoms with Crippen LogP contribution < -0.4 is 19.5 Å². The topological polar surface area (TPSA) is 73.9 Å². The van der Waals surface area contributed by atoms with Crippen molar-refractivity contribution >= 4 is 17.4 Å². The van der Waals surface area contributed by atoms with Gasteiger partial charge in [-0.2, -0.15) is 0 Å². The first kappa shape index (κ1) is 17.3. The highest BCUT2D eigenvalue weighted by atomic mass is 16.5. The predicted octanol–water partition coefficient (Wildman–Crippen LogP) is 2.92. The van der Waals surface area contributed by atoms with E-state index in [1.807, 2.05) is 0 Å². The summed E-state index contributed by atoms with van der Waals surface area (Å²) in [6.45, 7) is 1.33. The van der Waals surface area contributed by atoms with Crippen LogP contribution in [0.25, 0.3) is 0 Å². The Morgan fingerprint density at radius 3 is 2.21 bits per heavy atom. The lowest BCUT2D eigenvalue weighted by molar-refractivity contribution is -0.114. The second-order valence-electron chi connectivity index (χ2n) is 4.99. The van der Waals surface area contributed by atoms with E-state index in [1.165, 1.54) is 21.1 Å². The maximum atomic E-state index is 12.2. The Morgan fingerprint density at radius 1 is 0.958 bits per heavy atom. The number of hydrogen-bond acceptors (Lipinski definition) is 5. The van der Waals surface area contributed by atoms with Gasteiger partial charge in [0.05, 0.1) is 14.2 Å². The summed E-state index contributed by atoms with van der Waals surface area (Å²) in [6.07, 6.45) is 0. The van der Waals surface area contributed by atoms with Gasteiger partial charge in [0.25, 0.3) is 0 Å². The van der Waals surface area contributed by atoms with E-state index in [4.69, 9.17) is 14.2 Å². The van der Waals surface area contributed by atoms with E-state index in [9.17, 15) is 9.59 Å². The van der Waals surface area contributed by atoms with E-state index in [2.05, 4.69) is 5.32 Å². The Morgan fingerprint density at radius 2 is 1.62 bits per heavy atom. The van der Waals surface area contributed by atoms with Crippen LogP contribution in [0.4, 0.5) is 5.69 Å². The van der Waals surface area contributed by atoms with Crippen molar-refractivity contribution in [2.45, 2.75) is 6.92 Å². The third-order valence-corrected chi connectivity index (χ3v) is 3.25. The molecule has 0 unspecified atom stereocenters. The van der Waals surface area contributed by atoms with E-state index in [1.54, 1.807) is 42.5 Å². The van der Waals surface area contributed by atoms with Crippen molar-refractivity contribution in [3.8, 4) is 17.2 Å². The molecule has 1 amide bonds. The molecular weight excluding hydrogens is 310 g/mol. The summed E-state index contributed by atoms with van der Waals surface area (Å²) < 4.78 is 15.8. The molecule has 0 atom stereocenters. The molecule has 2 aromatic rings. The molecule has 0 heterocycles. The van der Waals surface area contributed by atoms with Gasteiger partial charge in [-0.25, -0.2) is 0 Å². The summed E-state index contributed by atoms with van der Waals surface area (Å²) in [5.74, 6) is 1.26. The Bertz CT molecular complexity index is 725. The quantitative estimate of drug-likeness (QED) is 0.791. The van der Waals surface area contributed by atoms with Gasteiger partial charge >= 0.3 is 0 Å². The maximum Gasteiger partial charge on any atom is 0.221 e. The molecular formula is C18H19NO5. The van der Waals surface area contributed by atoms with Crippen LogP contribution in [0.1, 0.15) is 17.3 Å². The van der Waals surface area contributed by atoms with Crippen LogP contribution in [0.2, 0.25) is 0 Å². The third-order valence-electron chi connectivity index (χ3n) is 3.25. The van der Waals surface area contributed by atoms with Crippen LogP contribution in [-0.2, 0) is 4.79 Å². The molecule has 0 fully saturated rings. The predicted molar refractivity (Wildman–Crippen MR) is 90.1 cm³/mol. The number of nitrogens with one attached hydrogen (secondary N) is 1. The Labute approximate surface area is 140 Å². The minimum Gasteiger partial charge on any atom is -0.493 e. The summed E-state index contributed by atoms with van der Waals surface area (Å²) in [4.78, 5) is 23.2. The highest BCUT2D eigenvalue weighted by Crippen LogP contribution is 2.27. The number of carbonyl (C=O) groups is 2. The molecule has 6 heteroatoms. The molecule has 0 aliphatic rings. The highest BCUT2D eigenvalue weighted by Gasteiger charge is 2.11. The van der Waals surface area contributed by atoms with Gasteiger partial charge in [-0.3, -0.25) is 9.59 Å². The fourth-order valence-corrected chi connectivity index (χ4v) is 2.08. The van der Waals surface area contributed by atoms with Gasteiger partial charge in [-0.05, 0) is 42.5 Å². The number of amides is 1. The lowest BCUT2D eigenvalue weighted by Crippen LogP contribution is -2.12. The maximum absolute atomic E-state index is 12.2. The van der Waals surface area contributed by atoms with Gasteiger partial charge in [-0.1, -0.05) is 0 Å². The molecule has 24 heavy (non-hydrogen) atoms.